The highest BCUT2D eigenvalue weighted by molar-refractivity contribution is 5.60. The number of nitrogen functional groups attached to an aromatic ring is 1. The number of anilines is 2. The molecule has 2 aromatic rings. The summed E-state index contributed by atoms with van der Waals surface area (Å²) in [6, 6.07) is 6.55. The molecule has 0 radical (unpaired) electrons. The first-order valence-electron chi connectivity index (χ1n) is 7.67. The summed E-state index contributed by atoms with van der Waals surface area (Å²) in [4.78, 5) is 17.5. The van der Waals surface area contributed by atoms with E-state index in [4.69, 9.17) is 5.73 Å². The van der Waals surface area contributed by atoms with E-state index in [1.807, 2.05) is 18.3 Å². The summed E-state index contributed by atoms with van der Waals surface area (Å²) < 4.78 is 0. The molecule has 3 heterocycles. The van der Waals surface area contributed by atoms with Crippen LogP contribution in [-0.2, 0) is 0 Å². The normalized spacial score (nSPS) is 16.2. The van der Waals surface area contributed by atoms with Gasteiger partial charge in [0, 0.05) is 50.2 Å². The highest BCUT2D eigenvalue weighted by Gasteiger charge is 2.19. The zero-order valence-corrected chi connectivity index (χ0v) is 13.1. The quantitative estimate of drug-likeness (QED) is 0.929. The predicted octanol–water partition coefficient (Wildman–Crippen LogP) is 1.65. The standard InChI is InChI=1S/C16H22N6/c1-12(2)21-7-9-22(10-8-21)15-4-3-13(11-19-15)14-5-6-18-16(17)20-14/h3-6,11-12H,7-10H2,1-2H3,(H2,17,18,20). The third-order valence-corrected chi connectivity index (χ3v) is 4.09. The van der Waals surface area contributed by atoms with Crippen LogP contribution in [0.5, 0.6) is 0 Å². The maximum absolute atomic E-state index is 5.62. The number of rotatable bonds is 3. The Labute approximate surface area is 131 Å². The van der Waals surface area contributed by atoms with Gasteiger partial charge in [-0.1, -0.05) is 0 Å². The molecule has 1 fully saturated rings. The van der Waals surface area contributed by atoms with E-state index in [2.05, 4.69) is 44.7 Å². The molecule has 116 valence electrons. The molecule has 2 N–H and O–H groups in total. The first-order chi connectivity index (χ1) is 10.6. The minimum Gasteiger partial charge on any atom is -0.368 e. The van der Waals surface area contributed by atoms with Crippen molar-refractivity contribution >= 4 is 11.8 Å². The zero-order valence-electron chi connectivity index (χ0n) is 13.1. The molecular weight excluding hydrogens is 276 g/mol. The third-order valence-electron chi connectivity index (χ3n) is 4.09. The summed E-state index contributed by atoms with van der Waals surface area (Å²) in [6.45, 7) is 8.70. The average Bonchev–Trinajstić information content (AvgIpc) is 2.55. The predicted molar refractivity (Wildman–Crippen MR) is 88.6 cm³/mol. The van der Waals surface area contributed by atoms with Gasteiger partial charge in [-0.05, 0) is 32.0 Å². The van der Waals surface area contributed by atoms with Crippen LogP contribution in [0, 0.1) is 0 Å². The number of aromatic nitrogens is 3. The van der Waals surface area contributed by atoms with Gasteiger partial charge in [0.05, 0.1) is 5.69 Å². The fourth-order valence-electron chi connectivity index (χ4n) is 2.73. The average molecular weight is 298 g/mol. The first kappa shape index (κ1) is 14.7. The number of piperazine rings is 1. The highest BCUT2D eigenvalue weighted by Crippen LogP contribution is 2.20. The lowest BCUT2D eigenvalue weighted by atomic mass is 10.2. The lowest BCUT2D eigenvalue weighted by Crippen LogP contribution is -2.49. The van der Waals surface area contributed by atoms with Gasteiger partial charge >= 0.3 is 0 Å². The summed E-state index contributed by atoms with van der Waals surface area (Å²) in [6.07, 6.45) is 3.52. The monoisotopic (exact) mass is 298 g/mol. The molecule has 22 heavy (non-hydrogen) atoms. The summed E-state index contributed by atoms with van der Waals surface area (Å²) >= 11 is 0. The van der Waals surface area contributed by atoms with Gasteiger partial charge in [-0.2, -0.15) is 0 Å². The second kappa shape index (κ2) is 6.27. The van der Waals surface area contributed by atoms with Crippen LogP contribution < -0.4 is 10.6 Å². The van der Waals surface area contributed by atoms with E-state index in [1.165, 1.54) is 0 Å². The maximum atomic E-state index is 5.62. The van der Waals surface area contributed by atoms with Crippen LogP contribution in [-0.4, -0.2) is 52.1 Å². The van der Waals surface area contributed by atoms with Crippen molar-refractivity contribution in [3.63, 3.8) is 0 Å². The second-order valence-electron chi connectivity index (χ2n) is 5.82. The van der Waals surface area contributed by atoms with E-state index in [0.29, 0.717) is 6.04 Å². The van der Waals surface area contributed by atoms with E-state index in [1.54, 1.807) is 6.20 Å². The van der Waals surface area contributed by atoms with Crippen molar-refractivity contribution in [1.29, 1.82) is 0 Å². The first-order valence-corrected chi connectivity index (χ1v) is 7.67. The van der Waals surface area contributed by atoms with Crippen LogP contribution in [0.3, 0.4) is 0 Å². The SMILES string of the molecule is CC(C)N1CCN(c2ccc(-c3ccnc(N)n3)cn2)CC1. The fourth-order valence-corrected chi connectivity index (χ4v) is 2.73. The zero-order chi connectivity index (χ0) is 15.5. The number of nitrogens with zero attached hydrogens (tertiary/aromatic N) is 5. The molecule has 3 rings (SSSR count). The molecule has 2 aromatic heterocycles. The van der Waals surface area contributed by atoms with E-state index >= 15 is 0 Å². The summed E-state index contributed by atoms with van der Waals surface area (Å²) in [5.41, 5.74) is 7.38. The maximum Gasteiger partial charge on any atom is 0.220 e. The van der Waals surface area contributed by atoms with Crippen LogP contribution in [0.2, 0.25) is 0 Å². The number of nitrogens with two attached hydrogens (primary N) is 1. The van der Waals surface area contributed by atoms with Crippen LogP contribution >= 0.6 is 0 Å². The van der Waals surface area contributed by atoms with Gasteiger partial charge in [0.15, 0.2) is 0 Å². The van der Waals surface area contributed by atoms with Crippen molar-refractivity contribution in [2.24, 2.45) is 0 Å². The molecule has 0 aromatic carbocycles. The largest absolute Gasteiger partial charge is 0.368 e. The highest BCUT2D eigenvalue weighted by atomic mass is 15.3. The molecule has 1 saturated heterocycles. The Balaban J connectivity index is 1.70. The van der Waals surface area contributed by atoms with Gasteiger partial charge in [0.25, 0.3) is 0 Å². The van der Waals surface area contributed by atoms with E-state index in [-0.39, 0.29) is 5.95 Å². The number of hydrogen-bond acceptors (Lipinski definition) is 6. The lowest BCUT2D eigenvalue weighted by Gasteiger charge is -2.37. The Hall–Kier alpha value is -2.21. The molecule has 0 atom stereocenters. The van der Waals surface area contributed by atoms with Crippen LogP contribution in [0.4, 0.5) is 11.8 Å². The number of pyridine rings is 1. The molecule has 1 aliphatic heterocycles. The Morgan fingerprint density at radius 2 is 1.82 bits per heavy atom. The van der Waals surface area contributed by atoms with Crippen molar-refractivity contribution in [3.8, 4) is 11.3 Å². The van der Waals surface area contributed by atoms with Gasteiger partial charge in [-0.15, -0.1) is 0 Å². The van der Waals surface area contributed by atoms with E-state index < -0.39 is 0 Å². The molecule has 0 unspecified atom stereocenters. The van der Waals surface area contributed by atoms with Gasteiger partial charge in [-0.25, -0.2) is 15.0 Å². The van der Waals surface area contributed by atoms with Gasteiger partial charge < -0.3 is 10.6 Å². The Morgan fingerprint density at radius 1 is 1.05 bits per heavy atom. The van der Waals surface area contributed by atoms with Gasteiger partial charge in [0.2, 0.25) is 5.95 Å². The van der Waals surface area contributed by atoms with E-state index in [9.17, 15) is 0 Å². The van der Waals surface area contributed by atoms with Crippen molar-refractivity contribution in [3.05, 3.63) is 30.6 Å². The summed E-state index contributed by atoms with van der Waals surface area (Å²) in [5, 5.41) is 0. The molecular formula is C16H22N6. The van der Waals surface area contributed by atoms with Gasteiger partial charge in [0.1, 0.15) is 5.82 Å². The van der Waals surface area contributed by atoms with E-state index in [0.717, 1.165) is 43.3 Å². The third kappa shape index (κ3) is 3.17. The molecule has 0 bridgehead atoms. The number of hydrogen-bond donors (Lipinski definition) is 1. The smallest absolute Gasteiger partial charge is 0.220 e. The Morgan fingerprint density at radius 3 is 2.41 bits per heavy atom. The molecule has 0 amide bonds. The van der Waals surface area contributed by atoms with Crippen molar-refractivity contribution < 1.29 is 0 Å². The fraction of sp³-hybridized carbons (Fsp3) is 0.438. The summed E-state index contributed by atoms with van der Waals surface area (Å²) in [5.74, 6) is 1.31. The van der Waals surface area contributed by atoms with Crippen molar-refractivity contribution in [2.75, 3.05) is 36.8 Å². The second-order valence-corrected chi connectivity index (χ2v) is 5.82. The molecule has 0 aliphatic carbocycles. The van der Waals surface area contributed by atoms with Crippen LogP contribution in [0.25, 0.3) is 11.3 Å². The topological polar surface area (TPSA) is 71.2 Å². The molecule has 0 spiro atoms. The lowest BCUT2D eigenvalue weighted by molar-refractivity contribution is 0.209. The molecule has 0 saturated carbocycles. The molecule has 6 heteroatoms. The minimum absolute atomic E-state index is 0.284. The van der Waals surface area contributed by atoms with Crippen LogP contribution in [0.1, 0.15) is 13.8 Å². The Bertz CT molecular complexity index is 617. The Kier molecular flexibility index (Phi) is 4.20. The molecule has 1 aliphatic rings. The molecule has 6 nitrogen and oxygen atoms in total. The van der Waals surface area contributed by atoms with Crippen LogP contribution in [0.15, 0.2) is 30.6 Å². The summed E-state index contributed by atoms with van der Waals surface area (Å²) in [7, 11) is 0. The van der Waals surface area contributed by atoms with Crippen molar-refractivity contribution in [1.82, 2.24) is 19.9 Å². The minimum atomic E-state index is 0.284. The van der Waals surface area contributed by atoms with Crippen molar-refractivity contribution in [2.45, 2.75) is 19.9 Å². The van der Waals surface area contributed by atoms with Gasteiger partial charge in [-0.3, -0.25) is 4.90 Å².